The number of oxime groups is 1. The third-order valence-corrected chi connectivity index (χ3v) is 3.05. The van der Waals surface area contributed by atoms with Crippen molar-refractivity contribution in [2.75, 3.05) is 13.7 Å². The number of aliphatic hydroxyl groups is 1. The Labute approximate surface area is 125 Å². The third-order valence-electron chi connectivity index (χ3n) is 3.05. The monoisotopic (exact) mass is 309 g/mol. The highest BCUT2D eigenvalue weighted by molar-refractivity contribution is 5.97. The molecule has 0 saturated carbocycles. The van der Waals surface area contributed by atoms with Gasteiger partial charge in [0, 0.05) is 18.6 Å². The van der Waals surface area contributed by atoms with Gasteiger partial charge in [-0.1, -0.05) is 5.16 Å². The normalized spacial score (nSPS) is 19.3. The summed E-state index contributed by atoms with van der Waals surface area (Å²) in [6, 6.07) is 5.68. The standard InChI is InChI=1S/C13H15N3O6/c1-21-14-12-6-11(17)7-15(12)13(18)22-8-9-2-4-10(5-3-9)16(19)20/h2-5,11,17H,6-8H2,1H3/b14-12+. The second-order valence-corrected chi connectivity index (χ2v) is 4.64. The number of amidine groups is 1. The molecule has 1 aromatic carbocycles. The van der Waals surface area contributed by atoms with Gasteiger partial charge in [0.1, 0.15) is 13.7 Å². The van der Waals surface area contributed by atoms with Crippen LogP contribution < -0.4 is 0 Å². The predicted molar refractivity (Wildman–Crippen MR) is 75.1 cm³/mol. The minimum absolute atomic E-state index is 0.0349. The molecular formula is C13H15N3O6. The molecule has 9 heteroatoms. The van der Waals surface area contributed by atoms with Crippen molar-refractivity contribution in [3.05, 3.63) is 39.9 Å². The van der Waals surface area contributed by atoms with Gasteiger partial charge >= 0.3 is 6.09 Å². The molecule has 1 aliphatic rings. The van der Waals surface area contributed by atoms with E-state index in [2.05, 4.69) is 9.99 Å². The van der Waals surface area contributed by atoms with E-state index in [9.17, 15) is 20.0 Å². The van der Waals surface area contributed by atoms with E-state index in [0.29, 0.717) is 11.4 Å². The molecule has 1 atom stereocenters. The van der Waals surface area contributed by atoms with Crippen LogP contribution in [0.15, 0.2) is 29.4 Å². The van der Waals surface area contributed by atoms with Crippen molar-refractivity contribution in [2.24, 2.45) is 5.16 Å². The molecule has 1 fully saturated rings. The van der Waals surface area contributed by atoms with Crippen LogP contribution in [0.25, 0.3) is 0 Å². The van der Waals surface area contributed by atoms with E-state index in [0.717, 1.165) is 0 Å². The number of benzene rings is 1. The van der Waals surface area contributed by atoms with E-state index in [4.69, 9.17) is 4.74 Å². The molecule has 9 nitrogen and oxygen atoms in total. The van der Waals surface area contributed by atoms with Crippen LogP contribution in [0.4, 0.5) is 10.5 Å². The topological polar surface area (TPSA) is 114 Å². The molecule has 0 radical (unpaired) electrons. The SMILES string of the molecule is CO/N=C1\CC(O)CN1C(=O)OCc1ccc([N+](=O)[O-])cc1. The molecule has 1 amide bonds. The molecule has 0 bridgehead atoms. The van der Waals surface area contributed by atoms with Gasteiger partial charge < -0.3 is 14.7 Å². The third kappa shape index (κ3) is 3.70. The van der Waals surface area contributed by atoms with E-state index in [1.54, 1.807) is 0 Å². The summed E-state index contributed by atoms with van der Waals surface area (Å²) in [6.07, 6.45) is -1.16. The van der Waals surface area contributed by atoms with E-state index < -0.39 is 17.1 Å². The molecule has 0 spiro atoms. The van der Waals surface area contributed by atoms with E-state index in [1.807, 2.05) is 0 Å². The number of nitro groups is 1. The Morgan fingerprint density at radius 3 is 2.77 bits per heavy atom. The van der Waals surface area contributed by atoms with Crippen LogP contribution >= 0.6 is 0 Å². The average molecular weight is 309 g/mol. The van der Waals surface area contributed by atoms with Gasteiger partial charge in [0.15, 0.2) is 5.84 Å². The first-order valence-electron chi connectivity index (χ1n) is 6.47. The predicted octanol–water partition coefficient (Wildman–Crippen LogP) is 1.26. The zero-order valence-corrected chi connectivity index (χ0v) is 11.8. The lowest BCUT2D eigenvalue weighted by Crippen LogP contribution is -2.33. The van der Waals surface area contributed by atoms with Crippen molar-refractivity contribution in [3.8, 4) is 0 Å². The van der Waals surface area contributed by atoms with Crippen LogP contribution in [-0.4, -0.2) is 46.6 Å². The van der Waals surface area contributed by atoms with Crippen molar-refractivity contribution < 1.29 is 24.4 Å². The van der Waals surface area contributed by atoms with Crippen molar-refractivity contribution in [1.29, 1.82) is 0 Å². The first-order valence-corrected chi connectivity index (χ1v) is 6.47. The van der Waals surface area contributed by atoms with Crippen LogP contribution in [0.3, 0.4) is 0 Å². The highest BCUT2D eigenvalue weighted by atomic mass is 16.6. The fourth-order valence-corrected chi connectivity index (χ4v) is 2.01. The number of amides is 1. The van der Waals surface area contributed by atoms with Gasteiger partial charge in [-0.15, -0.1) is 0 Å². The number of aliphatic hydroxyl groups excluding tert-OH is 1. The highest BCUT2D eigenvalue weighted by Gasteiger charge is 2.32. The summed E-state index contributed by atoms with van der Waals surface area (Å²) in [7, 11) is 1.35. The Kier molecular flexibility index (Phi) is 4.89. The smallest absolute Gasteiger partial charge is 0.415 e. The van der Waals surface area contributed by atoms with E-state index in [1.165, 1.54) is 36.3 Å². The van der Waals surface area contributed by atoms with Gasteiger partial charge in [-0.3, -0.25) is 15.0 Å². The maximum Gasteiger partial charge on any atom is 0.415 e. The van der Waals surface area contributed by atoms with E-state index >= 15 is 0 Å². The van der Waals surface area contributed by atoms with Crippen molar-refractivity contribution >= 4 is 17.6 Å². The maximum absolute atomic E-state index is 12.0. The van der Waals surface area contributed by atoms with Gasteiger partial charge in [0.25, 0.3) is 5.69 Å². The summed E-state index contributed by atoms with van der Waals surface area (Å²) in [5.74, 6) is 0.295. The number of non-ortho nitro benzene ring substituents is 1. The van der Waals surface area contributed by atoms with Gasteiger partial charge in [-0.05, 0) is 17.7 Å². The largest absolute Gasteiger partial charge is 0.444 e. The molecule has 1 heterocycles. The van der Waals surface area contributed by atoms with Crippen molar-refractivity contribution in [1.82, 2.24) is 4.90 Å². The lowest BCUT2D eigenvalue weighted by atomic mass is 10.2. The minimum Gasteiger partial charge on any atom is -0.444 e. The number of likely N-dealkylation sites (tertiary alicyclic amines) is 1. The summed E-state index contributed by atoms with van der Waals surface area (Å²) in [5.41, 5.74) is 0.580. The number of carbonyl (C=O) groups excluding carboxylic acids is 1. The number of nitrogens with zero attached hydrogens (tertiary/aromatic N) is 3. The van der Waals surface area contributed by atoms with Crippen LogP contribution in [0, 0.1) is 10.1 Å². The molecule has 0 aliphatic carbocycles. The molecule has 1 saturated heterocycles. The van der Waals surface area contributed by atoms with Crippen LogP contribution in [0.1, 0.15) is 12.0 Å². The number of β-amino-alcohol motifs (C(OH)–C–C–N with tert-alkyl or cyclic N) is 1. The Hall–Kier alpha value is -2.68. The maximum atomic E-state index is 12.0. The zero-order chi connectivity index (χ0) is 16.1. The fraction of sp³-hybridized carbons (Fsp3) is 0.385. The Morgan fingerprint density at radius 2 is 2.18 bits per heavy atom. The average Bonchev–Trinajstić information content (AvgIpc) is 2.86. The molecule has 2 rings (SSSR count). The lowest BCUT2D eigenvalue weighted by molar-refractivity contribution is -0.384. The molecule has 1 unspecified atom stereocenters. The van der Waals surface area contributed by atoms with Gasteiger partial charge in [0.2, 0.25) is 0 Å². The summed E-state index contributed by atoms with van der Waals surface area (Å²) >= 11 is 0. The molecule has 118 valence electrons. The molecule has 22 heavy (non-hydrogen) atoms. The van der Waals surface area contributed by atoms with Gasteiger partial charge in [-0.25, -0.2) is 4.79 Å². The zero-order valence-electron chi connectivity index (χ0n) is 11.8. The number of hydrogen-bond donors (Lipinski definition) is 1. The second-order valence-electron chi connectivity index (χ2n) is 4.64. The van der Waals surface area contributed by atoms with Gasteiger partial charge in [-0.2, -0.15) is 0 Å². The minimum atomic E-state index is -0.708. The number of nitro benzene ring substituents is 1. The van der Waals surface area contributed by atoms with Crippen LogP contribution in [0.5, 0.6) is 0 Å². The molecule has 1 aliphatic heterocycles. The molecular weight excluding hydrogens is 294 g/mol. The number of rotatable bonds is 4. The summed E-state index contributed by atoms with van der Waals surface area (Å²) < 4.78 is 5.11. The highest BCUT2D eigenvalue weighted by Crippen LogP contribution is 2.16. The summed E-state index contributed by atoms with van der Waals surface area (Å²) in [6.45, 7) is 0.0466. The first-order chi connectivity index (χ1) is 10.5. The van der Waals surface area contributed by atoms with Gasteiger partial charge in [0.05, 0.1) is 17.6 Å². The van der Waals surface area contributed by atoms with Crippen molar-refractivity contribution in [3.63, 3.8) is 0 Å². The number of ether oxygens (including phenoxy) is 1. The molecule has 1 aromatic rings. The number of hydrogen-bond acceptors (Lipinski definition) is 7. The van der Waals surface area contributed by atoms with E-state index in [-0.39, 0.29) is 25.3 Å². The second kappa shape index (κ2) is 6.85. The quantitative estimate of drug-likeness (QED) is 0.661. The summed E-state index contributed by atoms with van der Waals surface area (Å²) in [5, 5.41) is 23.8. The number of carbonyl (C=O) groups is 1. The molecule has 1 N–H and O–H groups in total. The Bertz CT molecular complexity index is 586. The fourth-order valence-electron chi connectivity index (χ4n) is 2.01. The first kappa shape index (κ1) is 15.7. The van der Waals surface area contributed by atoms with Crippen molar-refractivity contribution in [2.45, 2.75) is 19.1 Å². The molecule has 0 aromatic heterocycles. The summed E-state index contributed by atoms with van der Waals surface area (Å²) in [4.78, 5) is 27.8. The Balaban J connectivity index is 1.94. The Morgan fingerprint density at radius 1 is 1.50 bits per heavy atom. The van der Waals surface area contributed by atoms with Crippen LogP contribution in [-0.2, 0) is 16.2 Å². The lowest BCUT2D eigenvalue weighted by Gasteiger charge is -2.15. The van der Waals surface area contributed by atoms with Crippen LogP contribution in [0.2, 0.25) is 0 Å².